The molecule has 4 nitrogen and oxygen atoms in total. The van der Waals surface area contributed by atoms with Gasteiger partial charge in [-0.2, -0.15) is 11.8 Å². The van der Waals surface area contributed by atoms with Crippen LogP contribution in [0.25, 0.3) is 0 Å². The van der Waals surface area contributed by atoms with Crippen LogP contribution < -0.4 is 9.47 Å². The molecule has 0 bridgehead atoms. The van der Waals surface area contributed by atoms with Crippen LogP contribution in [0.3, 0.4) is 0 Å². The molecule has 2 aliphatic rings. The second kappa shape index (κ2) is 7.04. The van der Waals surface area contributed by atoms with E-state index in [9.17, 15) is 9.90 Å². The summed E-state index contributed by atoms with van der Waals surface area (Å²) in [5, 5.41) is 9.78. The van der Waals surface area contributed by atoms with Gasteiger partial charge in [0.15, 0.2) is 11.5 Å². The maximum atomic E-state index is 11.9. The van der Waals surface area contributed by atoms with Gasteiger partial charge in [-0.25, -0.2) is 0 Å². The Morgan fingerprint density at radius 1 is 1.26 bits per heavy atom. The lowest BCUT2D eigenvalue weighted by atomic mass is 9.79. The lowest BCUT2D eigenvalue weighted by Gasteiger charge is -2.27. The van der Waals surface area contributed by atoms with Crippen molar-refractivity contribution < 1.29 is 19.4 Å². The van der Waals surface area contributed by atoms with Gasteiger partial charge in [0.05, 0.1) is 12.5 Å². The summed E-state index contributed by atoms with van der Waals surface area (Å²) in [7, 11) is 1.63. The van der Waals surface area contributed by atoms with Crippen LogP contribution in [0.1, 0.15) is 44.1 Å². The largest absolute Gasteiger partial charge is 0.493 e. The van der Waals surface area contributed by atoms with E-state index in [0.717, 1.165) is 37.0 Å². The molecule has 5 heteroatoms. The highest BCUT2D eigenvalue weighted by Crippen LogP contribution is 2.44. The minimum absolute atomic E-state index is 0.183. The molecular weight excluding hydrogens is 312 g/mol. The lowest BCUT2D eigenvalue weighted by molar-refractivity contribution is -0.143. The zero-order chi connectivity index (χ0) is 16.3. The summed E-state index contributed by atoms with van der Waals surface area (Å²) in [6.45, 7) is 0. The number of methoxy groups -OCH3 is 1. The molecular formula is C18H24O4S. The van der Waals surface area contributed by atoms with Gasteiger partial charge in [0.1, 0.15) is 6.10 Å². The highest BCUT2D eigenvalue weighted by atomic mass is 32.2. The van der Waals surface area contributed by atoms with Crippen molar-refractivity contribution >= 4 is 17.7 Å². The number of hydrogen-bond donors (Lipinski definition) is 1. The van der Waals surface area contributed by atoms with Crippen LogP contribution in [0.5, 0.6) is 11.5 Å². The summed E-state index contributed by atoms with van der Waals surface area (Å²) in [5.74, 6) is 2.82. The average Bonchev–Trinajstić information content (AvgIpc) is 3.07. The third-order valence-electron chi connectivity index (χ3n) is 4.99. The molecule has 126 valence electrons. The second-order valence-corrected chi connectivity index (χ2v) is 7.57. The number of ether oxygens (including phenoxy) is 2. The molecule has 1 saturated carbocycles. The van der Waals surface area contributed by atoms with E-state index in [1.807, 2.05) is 30.0 Å². The van der Waals surface area contributed by atoms with Gasteiger partial charge in [0, 0.05) is 5.75 Å². The number of rotatable bonds is 5. The molecule has 1 aliphatic carbocycles. The second-order valence-electron chi connectivity index (χ2n) is 6.42. The number of carboxylic acid groups (broad SMARTS) is 1. The van der Waals surface area contributed by atoms with Crippen molar-refractivity contribution in [3.8, 4) is 11.5 Å². The van der Waals surface area contributed by atoms with Crippen LogP contribution in [0.2, 0.25) is 0 Å². The Morgan fingerprint density at radius 2 is 2.04 bits per heavy atom. The van der Waals surface area contributed by atoms with Gasteiger partial charge in [0.25, 0.3) is 0 Å². The first kappa shape index (κ1) is 16.5. The molecule has 1 saturated heterocycles. The number of benzene rings is 1. The van der Waals surface area contributed by atoms with Crippen LogP contribution >= 0.6 is 11.8 Å². The third-order valence-corrected chi connectivity index (χ3v) is 6.18. The minimum Gasteiger partial charge on any atom is -0.493 e. The van der Waals surface area contributed by atoms with Crippen LogP contribution in [0.4, 0.5) is 0 Å². The fourth-order valence-electron chi connectivity index (χ4n) is 3.65. The molecule has 1 aliphatic heterocycles. The summed E-state index contributed by atoms with van der Waals surface area (Å²) in [4.78, 5) is 11.9. The Kier molecular flexibility index (Phi) is 5.05. The van der Waals surface area contributed by atoms with E-state index in [4.69, 9.17) is 9.47 Å². The molecule has 1 unspecified atom stereocenters. The summed E-state index contributed by atoms with van der Waals surface area (Å²) >= 11 is 1.91. The Hall–Kier alpha value is -1.36. The molecule has 0 aromatic heterocycles. The predicted molar refractivity (Wildman–Crippen MR) is 91.8 cm³/mol. The van der Waals surface area contributed by atoms with E-state index in [1.165, 1.54) is 5.75 Å². The van der Waals surface area contributed by atoms with Crippen molar-refractivity contribution in [2.24, 2.45) is 0 Å². The summed E-state index contributed by atoms with van der Waals surface area (Å²) in [5.41, 5.74) is 0.0906. The maximum absolute atomic E-state index is 11.9. The van der Waals surface area contributed by atoms with Crippen LogP contribution in [0, 0.1) is 0 Å². The molecule has 1 N–H and O–H groups in total. The van der Waals surface area contributed by atoms with Gasteiger partial charge in [0.2, 0.25) is 0 Å². The monoisotopic (exact) mass is 336 g/mol. The van der Waals surface area contributed by atoms with Crippen molar-refractivity contribution in [2.75, 3.05) is 18.6 Å². The lowest BCUT2D eigenvalue weighted by Crippen LogP contribution is -2.32. The van der Waals surface area contributed by atoms with Crippen LogP contribution in [-0.2, 0) is 10.2 Å². The number of carboxylic acids is 1. The van der Waals surface area contributed by atoms with E-state index < -0.39 is 11.4 Å². The van der Waals surface area contributed by atoms with E-state index >= 15 is 0 Å². The Balaban J connectivity index is 1.90. The van der Waals surface area contributed by atoms with Gasteiger partial charge >= 0.3 is 5.97 Å². The SMILES string of the molecule is COc1ccc(C2(C(=O)O)CCCC2)cc1OC1CCCSC1. The first-order chi connectivity index (χ1) is 11.2. The molecule has 0 amide bonds. The number of carbonyl (C=O) groups is 1. The fraction of sp³-hybridized carbons (Fsp3) is 0.611. The molecule has 1 aromatic carbocycles. The summed E-state index contributed by atoms with van der Waals surface area (Å²) < 4.78 is 11.6. The zero-order valence-electron chi connectivity index (χ0n) is 13.5. The van der Waals surface area contributed by atoms with Gasteiger partial charge in [-0.1, -0.05) is 18.9 Å². The Labute approximate surface area is 141 Å². The minimum atomic E-state index is -0.758. The molecule has 23 heavy (non-hydrogen) atoms. The highest BCUT2D eigenvalue weighted by Gasteiger charge is 2.43. The molecule has 1 atom stereocenters. The molecule has 0 radical (unpaired) electrons. The van der Waals surface area contributed by atoms with E-state index in [-0.39, 0.29) is 6.10 Å². The first-order valence-corrected chi connectivity index (χ1v) is 9.47. The van der Waals surface area contributed by atoms with Crippen molar-refractivity contribution in [1.29, 1.82) is 0 Å². The van der Waals surface area contributed by atoms with E-state index in [0.29, 0.717) is 24.3 Å². The van der Waals surface area contributed by atoms with Gasteiger partial charge in [-0.05, 0) is 49.1 Å². The van der Waals surface area contributed by atoms with Gasteiger partial charge < -0.3 is 14.6 Å². The first-order valence-electron chi connectivity index (χ1n) is 8.32. The van der Waals surface area contributed by atoms with E-state index in [2.05, 4.69) is 0 Å². The van der Waals surface area contributed by atoms with Crippen molar-refractivity contribution in [2.45, 2.75) is 50.0 Å². The van der Waals surface area contributed by atoms with Crippen LogP contribution in [-0.4, -0.2) is 35.8 Å². The standard InChI is InChI=1S/C18H24O4S/c1-21-15-7-6-13(18(17(19)20)8-2-3-9-18)11-16(15)22-14-5-4-10-23-12-14/h6-7,11,14H,2-5,8-10,12H2,1H3,(H,19,20). The maximum Gasteiger partial charge on any atom is 0.314 e. The summed E-state index contributed by atoms with van der Waals surface area (Å²) in [6.07, 6.45) is 5.73. The highest BCUT2D eigenvalue weighted by molar-refractivity contribution is 7.99. The zero-order valence-corrected chi connectivity index (χ0v) is 14.4. The average molecular weight is 336 g/mol. The molecule has 1 heterocycles. The normalized spacial score (nSPS) is 23.4. The molecule has 3 rings (SSSR count). The van der Waals surface area contributed by atoms with Crippen molar-refractivity contribution in [1.82, 2.24) is 0 Å². The Morgan fingerprint density at radius 3 is 2.65 bits per heavy atom. The topological polar surface area (TPSA) is 55.8 Å². The van der Waals surface area contributed by atoms with Crippen molar-refractivity contribution in [3.63, 3.8) is 0 Å². The predicted octanol–water partition coefficient (Wildman–Crippen LogP) is 3.87. The number of thioether (sulfide) groups is 1. The molecule has 1 aromatic rings. The number of aliphatic carboxylic acids is 1. The third kappa shape index (κ3) is 3.30. The fourth-order valence-corrected chi connectivity index (χ4v) is 4.69. The smallest absolute Gasteiger partial charge is 0.314 e. The number of hydrogen-bond acceptors (Lipinski definition) is 4. The van der Waals surface area contributed by atoms with Gasteiger partial charge in [-0.15, -0.1) is 0 Å². The Bertz CT molecular complexity index is 560. The van der Waals surface area contributed by atoms with Crippen LogP contribution in [0.15, 0.2) is 18.2 Å². The summed E-state index contributed by atoms with van der Waals surface area (Å²) in [6, 6.07) is 5.64. The molecule has 2 fully saturated rings. The quantitative estimate of drug-likeness (QED) is 0.885. The van der Waals surface area contributed by atoms with E-state index in [1.54, 1.807) is 7.11 Å². The molecule has 0 spiro atoms. The van der Waals surface area contributed by atoms with Crippen molar-refractivity contribution in [3.05, 3.63) is 23.8 Å². The van der Waals surface area contributed by atoms with Gasteiger partial charge in [-0.3, -0.25) is 4.79 Å².